The molecule has 0 atom stereocenters. The lowest BCUT2D eigenvalue weighted by Gasteiger charge is -2.04. The third-order valence-corrected chi connectivity index (χ3v) is 3.07. The summed E-state index contributed by atoms with van der Waals surface area (Å²) < 4.78 is 5.34. The Bertz CT molecular complexity index is 684. The van der Waals surface area contributed by atoms with Crippen LogP contribution in [0.2, 0.25) is 0 Å². The van der Waals surface area contributed by atoms with Gasteiger partial charge in [0.05, 0.1) is 0 Å². The minimum Gasteiger partial charge on any atom is -0.462 e. The summed E-state index contributed by atoms with van der Waals surface area (Å²) in [4.78, 5) is 23.1. The maximum Gasteiger partial charge on any atom is 0.251 e. The molecule has 0 saturated heterocycles. The van der Waals surface area contributed by atoms with Crippen LogP contribution in [-0.2, 0) is 11.3 Å². The lowest BCUT2D eigenvalue weighted by Crippen LogP contribution is -2.20. The monoisotopic (exact) mass is 298 g/mol. The van der Waals surface area contributed by atoms with E-state index < -0.39 is 0 Å². The van der Waals surface area contributed by atoms with Crippen LogP contribution in [0.5, 0.6) is 0 Å². The molecule has 1 heterocycles. The van der Waals surface area contributed by atoms with Gasteiger partial charge in [0.2, 0.25) is 5.91 Å². The van der Waals surface area contributed by atoms with Gasteiger partial charge in [-0.25, -0.2) is 0 Å². The molecular weight excluding hydrogens is 280 g/mol. The number of amides is 2. The molecule has 0 bridgehead atoms. The second kappa shape index (κ2) is 7.26. The van der Waals surface area contributed by atoms with E-state index in [2.05, 4.69) is 10.6 Å². The number of rotatable bonds is 5. The van der Waals surface area contributed by atoms with Crippen LogP contribution in [0.25, 0.3) is 6.08 Å². The molecule has 0 spiro atoms. The van der Waals surface area contributed by atoms with Crippen LogP contribution >= 0.6 is 0 Å². The van der Waals surface area contributed by atoms with E-state index in [1.54, 1.807) is 31.3 Å². The molecule has 0 aliphatic rings. The Morgan fingerprint density at radius 2 is 1.86 bits per heavy atom. The third-order valence-electron chi connectivity index (χ3n) is 3.07. The SMILES string of the molecule is CNC(=O)c1ccc(CNC(=O)/C=C/c2ccc(C)o2)cc1. The number of nitrogens with one attached hydrogen (secondary N) is 2. The summed E-state index contributed by atoms with van der Waals surface area (Å²) in [6.45, 7) is 2.24. The second-order valence-electron chi connectivity index (χ2n) is 4.78. The summed E-state index contributed by atoms with van der Waals surface area (Å²) in [7, 11) is 1.59. The fourth-order valence-corrected chi connectivity index (χ4v) is 1.87. The zero-order valence-electron chi connectivity index (χ0n) is 12.6. The molecule has 0 aliphatic carbocycles. The quantitative estimate of drug-likeness (QED) is 0.832. The van der Waals surface area contributed by atoms with E-state index in [9.17, 15) is 9.59 Å². The molecule has 22 heavy (non-hydrogen) atoms. The highest BCUT2D eigenvalue weighted by atomic mass is 16.3. The van der Waals surface area contributed by atoms with E-state index in [4.69, 9.17) is 4.42 Å². The molecule has 0 saturated carbocycles. The van der Waals surface area contributed by atoms with Gasteiger partial charge in [-0.1, -0.05) is 12.1 Å². The van der Waals surface area contributed by atoms with Crippen molar-refractivity contribution in [3.8, 4) is 0 Å². The fourth-order valence-electron chi connectivity index (χ4n) is 1.87. The maximum absolute atomic E-state index is 11.7. The van der Waals surface area contributed by atoms with Crippen LogP contribution in [0, 0.1) is 6.92 Å². The van der Waals surface area contributed by atoms with E-state index in [1.807, 2.05) is 25.1 Å². The van der Waals surface area contributed by atoms with Crippen molar-refractivity contribution in [3.05, 3.63) is 65.1 Å². The molecule has 1 aromatic heterocycles. The average molecular weight is 298 g/mol. The zero-order chi connectivity index (χ0) is 15.9. The van der Waals surface area contributed by atoms with Gasteiger partial charge in [0.1, 0.15) is 11.5 Å². The first kappa shape index (κ1) is 15.6. The molecule has 5 heteroatoms. The van der Waals surface area contributed by atoms with E-state index in [1.165, 1.54) is 6.08 Å². The van der Waals surface area contributed by atoms with Crippen molar-refractivity contribution < 1.29 is 14.0 Å². The van der Waals surface area contributed by atoms with Crippen LogP contribution in [0.3, 0.4) is 0 Å². The first-order valence-corrected chi connectivity index (χ1v) is 6.92. The highest BCUT2D eigenvalue weighted by Gasteiger charge is 2.03. The predicted octanol–water partition coefficient (Wildman–Crippen LogP) is 2.28. The molecule has 2 aromatic rings. The normalized spacial score (nSPS) is 10.6. The number of hydrogen-bond donors (Lipinski definition) is 2. The number of carbonyl (C=O) groups excluding carboxylic acids is 2. The zero-order valence-corrected chi connectivity index (χ0v) is 12.6. The maximum atomic E-state index is 11.7. The van der Waals surface area contributed by atoms with Gasteiger partial charge < -0.3 is 15.1 Å². The summed E-state index contributed by atoms with van der Waals surface area (Å²) in [5.41, 5.74) is 1.51. The van der Waals surface area contributed by atoms with Gasteiger partial charge in [-0.15, -0.1) is 0 Å². The minimum atomic E-state index is -0.204. The van der Waals surface area contributed by atoms with Crippen molar-refractivity contribution in [1.29, 1.82) is 0 Å². The Hall–Kier alpha value is -2.82. The molecule has 2 amide bonds. The molecule has 0 unspecified atom stereocenters. The molecule has 0 radical (unpaired) electrons. The first-order chi connectivity index (χ1) is 10.6. The largest absolute Gasteiger partial charge is 0.462 e. The summed E-state index contributed by atoms with van der Waals surface area (Å²) in [5.74, 6) is 1.11. The third kappa shape index (κ3) is 4.34. The Labute approximate surface area is 129 Å². The van der Waals surface area contributed by atoms with Crippen molar-refractivity contribution in [3.63, 3.8) is 0 Å². The number of benzene rings is 1. The Morgan fingerprint density at radius 1 is 1.14 bits per heavy atom. The van der Waals surface area contributed by atoms with E-state index in [0.717, 1.165) is 11.3 Å². The van der Waals surface area contributed by atoms with Crippen LogP contribution in [0.15, 0.2) is 46.9 Å². The Kier molecular flexibility index (Phi) is 5.14. The van der Waals surface area contributed by atoms with Gasteiger partial charge in [-0.3, -0.25) is 9.59 Å². The van der Waals surface area contributed by atoms with E-state index in [0.29, 0.717) is 17.9 Å². The summed E-state index contributed by atoms with van der Waals surface area (Å²) in [6.07, 6.45) is 3.05. The lowest BCUT2D eigenvalue weighted by atomic mass is 10.1. The smallest absolute Gasteiger partial charge is 0.251 e. The van der Waals surface area contributed by atoms with Crippen molar-refractivity contribution in [1.82, 2.24) is 10.6 Å². The first-order valence-electron chi connectivity index (χ1n) is 6.92. The molecule has 2 N–H and O–H groups in total. The van der Waals surface area contributed by atoms with Crippen LogP contribution < -0.4 is 10.6 Å². The Morgan fingerprint density at radius 3 is 2.45 bits per heavy atom. The van der Waals surface area contributed by atoms with E-state index in [-0.39, 0.29) is 11.8 Å². The van der Waals surface area contributed by atoms with Crippen LogP contribution in [0.4, 0.5) is 0 Å². The highest BCUT2D eigenvalue weighted by Crippen LogP contribution is 2.08. The molecule has 0 fully saturated rings. The number of aryl methyl sites for hydroxylation is 1. The number of hydrogen-bond acceptors (Lipinski definition) is 3. The molecule has 0 aliphatic heterocycles. The molecule has 5 nitrogen and oxygen atoms in total. The standard InChI is InChI=1S/C17H18N2O3/c1-12-3-8-15(22-12)9-10-16(20)19-11-13-4-6-14(7-5-13)17(21)18-2/h3-10H,11H2,1-2H3,(H,18,21)(H,19,20)/b10-9+. The topological polar surface area (TPSA) is 71.3 Å². The molecule has 2 rings (SSSR count). The molecule has 114 valence electrons. The molecular formula is C17H18N2O3. The van der Waals surface area contributed by atoms with Gasteiger partial charge in [-0.2, -0.15) is 0 Å². The highest BCUT2D eigenvalue weighted by molar-refractivity contribution is 5.94. The van der Waals surface area contributed by atoms with Gasteiger partial charge in [0.25, 0.3) is 5.91 Å². The van der Waals surface area contributed by atoms with Crippen LogP contribution in [0.1, 0.15) is 27.4 Å². The number of furan rings is 1. The summed E-state index contributed by atoms with van der Waals surface area (Å²) in [5, 5.41) is 5.33. The fraction of sp³-hybridized carbons (Fsp3) is 0.176. The van der Waals surface area contributed by atoms with Crippen molar-refractivity contribution >= 4 is 17.9 Å². The van der Waals surface area contributed by atoms with Gasteiger partial charge in [0.15, 0.2) is 0 Å². The van der Waals surface area contributed by atoms with Crippen LogP contribution in [-0.4, -0.2) is 18.9 Å². The van der Waals surface area contributed by atoms with E-state index >= 15 is 0 Å². The average Bonchev–Trinajstić information content (AvgIpc) is 2.96. The Balaban J connectivity index is 1.85. The predicted molar refractivity (Wildman–Crippen MR) is 84.2 cm³/mol. The van der Waals surface area contributed by atoms with Gasteiger partial charge >= 0.3 is 0 Å². The van der Waals surface area contributed by atoms with Gasteiger partial charge in [-0.05, 0) is 42.8 Å². The van der Waals surface area contributed by atoms with Crippen molar-refractivity contribution in [2.24, 2.45) is 0 Å². The molecule has 1 aromatic carbocycles. The summed E-state index contributed by atoms with van der Waals surface area (Å²) >= 11 is 0. The summed E-state index contributed by atoms with van der Waals surface area (Å²) in [6, 6.07) is 10.7. The lowest BCUT2D eigenvalue weighted by molar-refractivity contribution is -0.116. The minimum absolute atomic E-state index is 0.132. The van der Waals surface area contributed by atoms with Gasteiger partial charge in [0, 0.05) is 25.2 Å². The van der Waals surface area contributed by atoms with Crippen molar-refractivity contribution in [2.75, 3.05) is 7.05 Å². The second-order valence-corrected chi connectivity index (χ2v) is 4.78. The van der Waals surface area contributed by atoms with Crippen molar-refractivity contribution in [2.45, 2.75) is 13.5 Å². The number of carbonyl (C=O) groups is 2.